The van der Waals surface area contributed by atoms with Crippen LogP contribution in [0.15, 0.2) is 0 Å². The van der Waals surface area contributed by atoms with Gasteiger partial charge in [0.15, 0.2) is 5.82 Å². The van der Waals surface area contributed by atoms with Crippen molar-refractivity contribution in [3.8, 4) is 6.07 Å². The monoisotopic (exact) mass is 258 g/mol. The molecule has 0 aliphatic heterocycles. The van der Waals surface area contributed by atoms with Gasteiger partial charge in [-0.3, -0.25) is 0 Å². The van der Waals surface area contributed by atoms with E-state index >= 15 is 0 Å². The van der Waals surface area contributed by atoms with Gasteiger partial charge < -0.3 is 5.32 Å². The summed E-state index contributed by atoms with van der Waals surface area (Å²) in [5.74, 6) is 1.62. The number of aryl methyl sites for hydroxylation is 1. The number of hydrogen-bond acceptors (Lipinski definition) is 4. The SMILES string of the molecule is CCc1nnc(NCCCC2CC2)c(C#N)c1CC. The molecule has 0 atom stereocenters. The molecule has 0 unspecified atom stereocenters. The minimum Gasteiger partial charge on any atom is -0.367 e. The van der Waals surface area contributed by atoms with Gasteiger partial charge in [0.25, 0.3) is 0 Å². The van der Waals surface area contributed by atoms with E-state index in [2.05, 4.69) is 28.5 Å². The van der Waals surface area contributed by atoms with E-state index in [1.165, 1.54) is 19.3 Å². The van der Waals surface area contributed by atoms with Crippen LogP contribution in [-0.4, -0.2) is 16.7 Å². The van der Waals surface area contributed by atoms with Crippen molar-refractivity contribution in [1.82, 2.24) is 10.2 Å². The van der Waals surface area contributed by atoms with Crippen molar-refractivity contribution < 1.29 is 0 Å². The van der Waals surface area contributed by atoms with Gasteiger partial charge in [0.1, 0.15) is 11.6 Å². The van der Waals surface area contributed by atoms with Crippen molar-refractivity contribution >= 4 is 5.82 Å². The van der Waals surface area contributed by atoms with Crippen LogP contribution in [0, 0.1) is 17.2 Å². The zero-order valence-corrected chi connectivity index (χ0v) is 11.9. The van der Waals surface area contributed by atoms with E-state index < -0.39 is 0 Å². The maximum absolute atomic E-state index is 9.35. The molecule has 1 aromatic heterocycles. The van der Waals surface area contributed by atoms with Gasteiger partial charge in [0.05, 0.1) is 5.69 Å². The average molecular weight is 258 g/mol. The maximum Gasteiger partial charge on any atom is 0.166 e. The number of nitriles is 1. The van der Waals surface area contributed by atoms with Gasteiger partial charge in [-0.25, -0.2) is 0 Å². The highest BCUT2D eigenvalue weighted by Crippen LogP contribution is 2.33. The minimum atomic E-state index is 0.660. The highest BCUT2D eigenvalue weighted by Gasteiger charge is 2.20. The Morgan fingerprint density at radius 1 is 1.26 bits per heavy atom. The number of nitrogens with zero attached hydrogens (tertiary/aromatic N) is 3. The molecular weight excluding hydrogens is 236 g/mol. The summed E-state index contributed by atoms with van der Waals surface area (Å²) in [6.45, 7) is 5.00. The first-order chi connectivity index (χ1) is 9.30. The predicted molar refractivity (Wildman–Crippen MR) is 76.0 cm³/mol. The highest BCUT2D eigenvalue weighted by molar-refractivity contribution is 5.56. The highest BCUT2D eigenvalue weighted by atomic mass is 15.2. The molecule has 0 amide bonds. The third kappa shape index (κ3) is 3.44. The zero-order valence-electron chi connectivity index (χ0n) is 11.9. The smallest absolute Gasteiger partial charge is 0.166 e. The van der Waals surface area contributed by atoms with E-state index in [4.69, 9.17) is 0 Å². The normalized spacial score (nSPS) is 14.2. The molecule has 1 aliphatic rings. The Morgan fingerprint density at radius 3 is 2.63 bits per heavy atom. The summed E-state index contributed by atoms with van der Waals surface area (Å²) < 4.78 is 0. The van der Waals surface area contributed by atoms with Gasteiger partial charge in [0, 0.05) is 6.54 Å². The van der Waals surface area contributed by atoms with Gasteiger partial charge in [0.2, 0.25) is 0 Å². The van der Waals surface area contributed by atoms with Gasteiger partial charge in [-0.2, -0.15) is 10.4 Å². The molecule has 4 heteroatoms. The van der Waals surface area contributed by atoms with Crippen molar-refractivity contribution in [2.24, 2.45) is 5.92 Å². The molecule has 1 N–H and O–H groups in total. The molecule has 102 valence electrons. The van der Waals surface area contributed by atoms with Crippen LogP contribution in [0.2, 0.25) is 0 Å². The summed E-state index contributed by atoms with van der Waals surface area (Å²) in [5, 5.41) is 21.0. The van der Waals surface area contributed by atoms with Crippen LogP contribution in [0.3, 0.4) is 0 Å². The first kappa shape index (κ1) is 13.8. The largest absolute Gasteiger partial charge is 0.367 e. The van der Waals surface area contributed by atoms with Crippen LogP contribution in [0.5, 0.6) is 0 Å². The van der Waals surface area contributed by atoms with Crippen molar-refractivity contribution in [3.05, 3.63) is 16.8 Å². The fourth-order valence-corrected chi connectivity index (χ4v) is 2.42. The molecule has 1 aromatic rings. The Balaban J connectivity index is 2.03. The summed E-state index contributed by atoms with van der Waals surface area (Å²) in [6.07, 6.45) is 6.89. The summed E-state index contributed by atoms with van der Waals surface area (Å²) in [5.41, 5.74) is 2.67. The van der Waals surface area contributed by atoms with Crippen molar-refractivity contribution in [3.63, 3.8) is 0 Å². The molecule has 1 saturated carbocycles. The third-order valence-corrected chi connectivity index (χ3v) is 3.74. The predicted octanol–water partition coefficient (Wildman–Crippen LogP) is 3.08. The lowest BCUT2D eigenvalue weighted by Crippen LogP contribution is -2.11. The second-order valence-electron chi connectivity index (χ2n) is 5.18. The second-order valence-corrected chi connectivity index (χ2v) is 5.18. The van der Waals surface area contributed by atoms with E-state index in [9.17, 15) is 5.26 Å². The van der Waals surface area contributed by atoms with Crippen LogP contribution >= 0.6 is 0 Å². The lowest BCUT2D eigenvalue weighted by molar-refractivity contribution is 0.685. The first-order valence-electron chi connectivity index (χ1n) is 7.32. The zero-order chi connectivity index (χ0) is 13.7. The topological polar surface area (TPSA) is 61.6 Å². The van der Waals surface area contributed by atoms with Crippen LogP contribution in [-0.2, 0) is 12.8 Å². The minimum absolute atomic E-state index is 0.660. The summed E-state index contributed by atoms with van der Waals surface area (Å²) in [7, 11) is 0. The average Bonchev–Trinajstić information content (AvgIpc) is 3.26. The number of hydrogen-bond donors (Lipinski definition) is 1. The molecule has 0 spiro atoms. The van der Waals surface area contributed by atoms with E-state index in [1.807, 2.05) is 6.92 Å². The van der Waals surface area contributed by atoms with Crippen LogP contribution < -0.4 is 5.32 Å². The maximum atomic E-state index is 9.35. The van der Waals surface area contributed by atoms with Gasteiger partial charge in [-0.15, -0.1) is 5.10 Å². The van der Waals surface area contributed by atoms with Gasteiger partial charge in [-0.1, -0.05) is 26.7 Å². The fraction of sp³-hybridized carbons (Fsp3) is 0.667. The number of nitrogens with one attached hydrogen (secondary N) is 1. The molecular formula is C15H22N4. The molecule has 0 bridgehead atoms. The summed E-state index contributed by atoms with van der Waals surface area (Å²) >= 11 is 0. The Morgan fingerprint density at radius 2 is 2.05 bits per heavy atom. The summed E-state index contributed by atoms with van der Waals surface area (Å²) in [4.78, 5) is 0. The molecule has 4 nitrogen and oxygen atoms in total. The number of anilines is 1. The van der Waals surface area contributed by atoms with E-state index in [-0.39, 0.29) is 0 Å². The Kier molecular flexibility index (Phi) is 4.73. The number of rotatable bonds is 7. The van der Waals surface area contributed by atoms with E-state index in [1.54, 1.807) is 0 Å². The Hall–Kier alpha value is -1.63. The second kappa shape index (κ2) is 6.51. The number of aromatic nitrogens is 2. The molecule has 19 heavy (non-hydrogen) atoms. The van der Waals surface area contributed by atoms with Crippen molar-refractivity contribution in [1.29, 1.82) is 5.26 Å². The quantitative estimate of drug-likeness (QED) is 0.763. The Labute approximate surface area is 115 Å². The van der Waals surface area contributed by atoms with Crippen LogP contribution in [0.4, 0.5) is 5.82 Å². The fourth-order valence-electron chi connectivity index (χ4n) is 2.42. The molecule has 0 aromatic carbocycles. The van der Waals surface area contributed by atoms with E-state index in [0.29, 0.717) is 11.4 Å². The lowest BCUT2D eigenvalue weighted by atomic mass is 10.0. The lowest BCUT2D eigenvalue weighted by Gasteiger charge is -2.11. The van der Waals surface area contributed by atoms with Crippen LogP contribution in [0.1, 0.15) is 56.4 Å². The Bertz CT molecular complexity index is 472. The molecule has 1 heterocycles. The van der Waals surface area contributed by atoms with E-state index in [0.717, 1.165) is 43.0 Å². The van der Waals surface area contributed by atoms with Crippen LogP contribution in [0.25, 0.3) is 0 Å². The van der Waals surface area contributed by atoms with Gasteiger partial charge >= 0.3 is 0 Å². The molecule has 0 radical (unpaired) electrons. The molecule has 2 rings (SSSR count). The van der Waals surface area contributed by atoms with Crippen molar-refractivity contribution in [2.45, 2.75) is 52.4 Å². The third-order valence-electron chi connectivity index (χ3n) is 3.74. The molecule has 0 saturated heterocycles. The molecule has 1 aliphatic carbocycles. The summed E-state index contributed by atoms with van der Waals surface area (Å²) in [6, 6.07) is 2.29. The van der Waals surface area contributed by atoms with Gasteiger partial charge in [-0.05, 0) is 37.2 Å². The standard InChI is InChI=1S/C15H22N4/c1-3-12-13(10-16)15(19-18-14(12)4-2)17-9-5-6-11-7-8-11/h11H,3-9H2,1-2H3,(H,17,19). The van der Waals surface area contributed by atoms with Crippen molar-refractivity contribution in [2.75, 3.05) is 11.9 Å². The molecule has 1 fully saturated rings. The first-order valence-corrected chi connectivity index (χ1v) is 7.32.